The summed E-state index contributed by atoms with van der Waals surface area (Å²) >= 11 is 0. The van der Waals surface area contributed by atoms with Gasteiger partial charge in [0.1, 0.15) is 6.10 Å². The highest BCUT2D eigenvalue weighted by Gasteiger charge is 2.35. The summed E-state index contributed by atoms with van der Waals surface area (Å²) in [4.78, 5) is 24.3. The Hall–Kier alpha value is -2.62. The van der Waals surface area contributed by atoms with Gasteiger partial charge in [0.15, 0.2) is 0 Å². The van der Waals surface area contributed by atoms with Gasteiger partial charge in [0, 0.05) is 12.3 Å². The molecule has 0 fully saturated rings. The average Bonchev–Trinajstić information content (AvgIpc) is 3.04. The van der Waals surface area contributed by atoms with Crippen molar-refractivity contribution in [2.45, 2.75) is 52.6 Å². The van der Waals surface area contributed by atoms with E-state index < -0.39 is 0 Å². The summed E-state index contributed by atoms with van der Waals surface area (Å²) in [5, 5.41) is 0. The van der Waals surface area contributed by atoms with Crippen molar-refractivity contribution >= 4 is 11.9 Å². The molecular weight excluding hydrogens is 364 g/mol. The zero-order chi connectivity index (χ0) is 20.8. The molecule has 4 heteroatoms. The standard InChI is InChI=1S/C25H30O4/c1-4-28-25(27)19-12-10-18(11-13-19)15-21-16-20-7-5-6-8-22(20)24(21)29-23(26)14-9-17(2)3/h5-8,10-13,17,21,24H,4,9,14-16H2,1-3H3/t21-,24-/m1/s1. The van der Waals surface area contributed by atoms with Crippen LogP contribution in [-0.2, 0) is 27.1 Å². The molecule has 4 nitrogen and oxygen atoms in total. The van der Waals surface area contributed by atoms with Gasteiger partial charge in [-0.3, -0.25) is 4.79 Å². The lowest BCUT2D eigenvalue weighted by Gasteiger charge is -2.21. The molecule has 0 unspecified atom stereocenters. The van der Waals surface area contributed by atoms with Gasteiger partial charge in [-0.25, -0.2) is 4.79 Å². The summed E-state index contributed by atoms with van der Waals surface area (Å²) in [6.07, 6.45) is 2.76. The summed E-state index contributed by atoms with van der Waals surface area (Å²) in [5.74, 6) is 0.253. The molecule has 0 spiro atoms. The highest BCUT2D eigenvalue weighted by molar-refractivity contribution is 5.89. The van der Waals surface area contributed by atoms with Crippen LogP contribution in [0.5, 0.6) is 0 Å². The number of hydrogen-bond acceptors (Lipinski definition) is 4. The first-order chi connectivity index (χ1) is 14.0. The second-order valence-corrected chi connectivity index (χ2v) is 8.13. The van der Waals surface area contributed by atoms with Crippen molar-refractivity contribution in [3.8, 4) is 0 Å². The Labute approximate surface area is 173 Å². The van der Waals surface area contributed by atoms with Gasteiger partial charge in [0.2, 0.25) is 0 Å². The van der Waals surface area contributed by atoms with E-state index in [1.54, 1.807) is 19.1 Å². The van der Waals surface area contributed by atoms with E-state index in [0.29, 0.717) is 24.5 Å². The van der Waals surface area contributed by atoms with E-state index in [0.717, 1.165) is 30.4 Å². The van der Waals surface area contributed by atoms with Gasteiger partial charge in [-0.2, -0.15) is 0 Å². The Morgan fingerprint density at radius 2 is 1.79 bits per heavy atom. The topological polar surface area (TPSA) is 52.6 Å². The maximum absolute atomic E-state index is 12.4. The fourth-order valence-electron chi connectivity index (χ4n) is 3.88. The van der Waals surface area contributed by atoms with Crippen LogP contribution >= 0.6 is 0 Å². The van der Waals surface area contributed by atoms with Crippen LogP contribution in [0.25, 0.3) is 0 Å². The first kappa shape index (κ1) is 21.1. The Morgan fingerprint density at radius 3 is 2.48 bits per heavy atom. The molecule has 154 valence electrons. The Bertz CT molecular complexity index is 838. The minimum Gasteiger partial charge on any atom is -0.462 e. The minimum absolute atomic E-state index is 0.122. The van der Waals surface area contributed by atoms with E-state index in [2.05, 4.69) is 26.0 Å². The summed E-state index contributed by atoms with van der Waals surface area (Å²) in [6.45, 7) is 6.39. The highest BCUT2D eigenvalue weighted by Crippen LogP contribution is 2.40. The molecule has 1 aliphatic carbocycles. The van der Waals surface area contributed by atoms with Crippen LogP contribution in [0.3, 0.4) is 0 Å². The third-order valence-electron chi connectivity index (χ3n) is 5.42. The minimum atomic E-state index is -0.302. The Kier molecular flexibility index (Phi) is 7.08. The van der Waals surface area contributed by atoms with E-state index >= 15 is 0 Å². The second-order valence-electron chi connectivity index (χ2n) is 8.13. The predicted molar refractivity (Wildman–Crippen MR) is 113 cm³/mol. The maximum Gasteiger partial charge on any atom is 0.338 e. The molecule has 0 radical (unpaired) electrons. The third kappa shape index (κ3) is 5.47. The van der Waals surface area contributed by atoms with Crippen molar-refractivity contribution in [1.29, 1.82) is 0 Å². The fraction of sp³-hybridized carbons (Fsp3) is 0.440. The smallest absolute Gasteiger partial charge is 0.338 e. The molecule has 29 heavy (non-hydrogen) atoms. The molecular formula is C25H30O4. The van der Waals surface area contributed by atoms with Crippen molar-refractivity contribution in [3.05, 3.63) is 70.8 Å². The summed E-state index contributed by atoms with van der Waals surface area (Å²) in [5.41, 5.74) is 4.06. The second kappa shape index (κ2) is 9.73. The summed E-state index contributed by atoms with van der Waals surface area (Å²) < 4.78 is 11.0. The maximum atomic E-state index is 12.4. The lowest BCUT2D eigenvalue weighted by molar-refractivity contribution is -0.152. The molecule has 3 rings (SSSR count). The molecule has 0 bridgehead atoms. The largest absolute Gasteiger partial charge is 0.462 e. The Balaban J connectivity index is 1.71. The van der Waals surface area contributed by atoms with Gasteiger partial charge in [-0.1, -0.05) is 50.2 Å². The number of hydrogen-bond donors (Lipinski definition) is 0. The van der Waals surface area contributed by atoms with Crippen molar-refractivity contribution in [2.75, 3.05) is 6.61 Å². The SMILES string of the molecule is CCOC(=O)c1ccc(C[C@@H]2Cc3ccccc3[C@@H]2OC(=O)CCC(C)C)cc1. The number of esters is 2. The van der Waals surface area contributed by atoms with Crippen LogP contribution < -0.4 is 0 Å². The molecule has 0 aliphatic heterocycles. The summed E-state index contributed by atoms with van der Waals surface area (Å²) in [6, 6.07) is 15.8. The van der Waals surface area contributed by atoms with Gasteiger partial charge >= 0.3 is 11.9 Å². The molecule has 2 aromatic carbocycles. The monoisotopic (exact) mass is 394 g/mol. The molecule has 0 heterocycles. The third-order valence-corrected chi connectivity index (χ3v) is 5.42. The fourth-order valence-corrected chi connectivity index (χ4v) is 3.88. The summed E-state index contributed by atoms with van der Waals surface area (Å²) in [7, 11) is 0. The number of ether oxygens (including phenoxy) is 2. The van der Waals surface area contributed by atoms with Gasteiger partial charge in [-0.05, 0) is 60.9 Å². The quantitative estimate of drug-likeness (QED) is 0.570. The van der Waals surface area contributed by atoms with Crippen molar-refractivity contribution < 1.29 is 19.1 Å². The number of carbonyl (C=O) groups excluding carboxylic acids is 2. The molecule has 2 atom stereocenters. The van der Waals surface area contributed by atoms with Gasteiger partial charge in [0.25, 0.3) is 0 Å². The van der Waals surface area contributed by atoms with Crippen LogP contribution in [0.2, 0.25) is 0 Å². The van der Waals surface area contributed by atoms with Crippen LogP contribution in [-0.4, -0.2) is 18.5 Å². The van der Waals surface area contributed by atoms with Crippen molar-refractivity contribution in [2.24, 2.45) is 11.8 Å². The van der Waals surface area contributed by atoms with E-state index in [1.165, 1.54) is 5.56 Å². The average molecular weight is 395 g/mol. The zero-order valence-electron chi connectivity index (χ0n) is 17.5. The highest BCUT2D eigenvalue weighted by atomic mass is 16.5. The predicted octanol–water partition coefficient (Wildman–Crippen LogP) is 5.30. The molecule has 0 N–H and O–H groups in total. The van der Waals surface area contributed by atoms with Crippen LogP contribution in [0.4, 0.5) is 0 Å². The van der Waals surface area contributed by atoms with Gasteiger partial charge in [0.05, 0.1) is 12.2 Å². The number of benzene rings is 2. The molecule has 0 saturated carbocycles. The normalized spacial score (nSPS) is 17.8. The van der Waals surface area contributed by atoms with Crippen molar-refractivity contribution in [3.63, 3.8) is 0 Å². The number of carbonyl (C=O) groups is 2. The first-order valence-electron chi connectivity index (χ1n) is 10.5. The number of fused-ring (bicyclic) bond motifs is 1. The van der Waals surface area contributed by atoms with Crippen LogP contribution in [0.1, 0.15) is 66.8 Å². The molecule has 2 aromatic rings. The van der Waals surface area contributed by atoms with E-state index in [1.807, 2.05) is 24.3 Å². The lowest BCUT2D eigenvalue weighted by Crippen LogP contribution is -2.18. The van der Waals surface area contributed by atoms with E-state index in [9.17, 15) is 9.59 Å². The molecule has 1 aliphatic rings. The molecule has 0 amide bonds. The Morgan fingerprint density at radius 1 is 1.07 bits per heavy atom. The first-order valence-corrected chi connectivity index (χ1v) is 10.5. The van der Waals surface area contributed by atoms with Crippen LogP contribution in [0.15, 0.2) is 48.5 Å². The molecule has 0 saturated heterocycles. The van der Waals surface area contributed by atoms with E-state index in [-0.39, 0.29) is 24.0 Å². The van der Waals surface area contributed by atoms with E-state index in [4.69, 9.17) is 9.47 Å². The van der Waals surface area contributed by atoms with Crippen molar-refractivity contribution in [1.82, 2.24) is 0 Å². The zero-order valence-corrected chi connectivity index (χ0v) is 17.5. The van der Waals surface area contributed by atoms with Gasteiger partial charge < -0.3 is 9.47 Å². The van der Waals surface area contributed by atoms with Gasteiger partial charge in [-0.15, -0.1) is 0 Å². The number of rotatable bonds is 8. The van der Waals surface area contributed by atoms with Crippen LogP contribution in [0, 0.1) is 11.8 Å². The molecule has 0 aromatic heterocycles. The lowest BCUT2D eigenvalue weighted by atomic mass is 9.94.